The molecule has 0 spiro atoms. The lowest BCUT2D eigenvalue weighted by Crippen LogP contribution is -2.28. The number of methoxy groups -OCH3 is 1. The number of anilines is 1. The van der Waals surface area contributed by atoms with Crippen LogP contribution in [-0.4, -0.2) is 29.5 Å². The molecule has 0 fully saturated rings. The average Bonchev–Trinajstić information content (AvgIpc) is 2.58. The van der Waals surface area contributed by atoms with Crippen molar-refractivity contribution in [1.82, 2.24) is 15.3 Å². The molecule has 1 aromatic heterocycles. The number of rotatable bonds is 7. The Morgan fingerprint density at radius 3 is 2.65 bits per heavy atom. The van der Waals surface area contributed by atoms with Crippen molar-refractivity contribution < 1.29 is 9.53 Å². The maximum Gasteiger partial charge on any atom is 0.271 e. The van der Waals surface area contributed by atoms with Crippen molar-refractivity contribution in [1.29, 1.82) is 0 Å². The molecule has 1 heterocycles. The Morgan fingerprint density at radius 2 is 2.00 bits per heavy atom. The Labute approximate surface area is 136 Å². The summed E-state index contributed by atoms with van der Waals surface area (Å²) >= 11 is 0. The maximum atomic E-state index is 11.9. The molecule has 2 rings (SSSR count). The van der Waals surface area contributed by atoms with Crippen LogP contribution in [0.15, 0.2) is 36.7 Å². The van der Waals surface area contributed by atoms with Gasteiger partial charge in [-0.15, -0.1) is 0 Å². The standard InChI is InChI=1S/C17H22N4O2/c1-12(2)8-21-17(22)14-10-20-16(11-18-14)19-9-13-6-4-5-7-15(13)23-3/h4-7,10-12H,8-9H2,1-3H3,(H,19,20)(H,21,22). The van der Waals surface area contributed by atoms with Crippen molar-refractivity contribution in [2.24, 2.45) is 5.92 Å². The van der Waals surface area contributed by atoms with Crippen molar-refractivity contribution in [3.05, 3.63) is 47.9 Å². The molecule has 0 atom stereocenters. The Kier molecular flexibility index (Phi) is 5.91. The molecule has 23 heavy (non-hydrogen) atoms. The van der Waals surface area contributed by atoms with Gasteiger partial charge >= 0.3 is 0 Å². The molecule has 6 heteroatoms. The van der Waals surface area contributed by atoms with Gasteiger partial charge in [-0.1, -0.05) is 32.0 Å². The molecule has 0 unspecified atom stereocenters. The van der Waals surface area contributed by atoms with Crippen molar-refractivity contribution in [3.63, 3.8) is 0 Å². The highest BCUT2D eigenvalue weighted by Crippen LogP contribution is 2.18. The van der Waals surface area contributed by atoms with Crippen LogP contribution in [0.5, 0.6) is 5.75 Å². The van der Waals surface area contributed by atoms with Crippen molar-refractivity contribution >= 4 is 11.7 Å². The molecule has 0 radical (unpaired) electrons. The highest BCUT2D eigenvalue weighted by Gasteiger charge is 2.08. The predicted molar refractivity (Wildman–Crippen MR) is 89.5 cm³/mol. The summed E-state index contributed by atoms with van der Waals surface area (Å²) in [6, 6.07) is 7.76. The van der Waals surface area contributed by atoms with E-state index >= 15 is 0 Å². The van der Waals surface area contributed by atoms with E-state index in [9.17, 15) is 4.79 Å². The average molecular weight is 314 g/mol. The number of carbonyl (C=O) groups excluding carboxylic acids is 1. The molecule has 0 saturated heterocycles. The van der Waals surface area contributed by atoms with Crippen LogP contribution in [-0.2, 0) is 6.54 Å². The van der Waals surface area contributed by atoms with Crippen LogP contribution in [0, 0.1) is 5.92 Å². The fraction of sp³-hybridized carbons (Fsp3) is 0.353. The quantitative estimate of drug-likeness (QED) is 0.821. The van der Waals surface area contributed by atoms with Crippen LogP contribution >= 0.6 is 0 Å². The first-order valence-corrected chi connectivity index (χ1v) is 7.56. The maximum absolute atomic E-state index is 11.9. The van der Waals surface area contributed by atoms with E-state index in [0.717, 1.165) is 11.3 Å². The summed E-state index contributed by atoms with van der Waals surface area (Å²) in [5.74, 6) is 1.62. The van der Waals surface area contributed by atoms with Gasteiger partial charge in [0.15, 0.2) is 0 Å². The Morgan fingerprint density at radius 1 is 1.22 bits per heavy atom. The Bertz CT molecular complexity index is 641. The third kappa shape index (κ3) is 4.95. The molecular weight excluding hydrogens is 292 g/mol. The van der Waals surface area contributed by atoms with E-state index in [1.54, 1.807) is 13.3 Å². The number of nitrogens with one attached hydrogen (secondary N) is 2. The van der Waals surface area contributed by atoms with E-state index in [-0.39, 0.29) is 5.91 Å². The molecule has 0 aliphatic heterocycles. The van der Waals surface area contributed by atoms with E-state index in [4.69, 9.17) is 4.74 Å². The zero-order chi connectivity index (χ0) is 16.7. The summed E-state index contributed by atoms with van der Waals surface area (Å²) in [4.78, 5) is 20.2. The lowest BCUT2D eigenvalue weighted by Gasteiger charge is -2.10. The van der Waals surface area contributed by atoms with Gasteiger partial charge in [-0.25, -0.2) is 9.97 Å². The number of aromatic nitrogens is 2. The molecule has 122 valence electrons. The summed E-state index contributed by atoms with van der Waals surface area (Å²) in [5, 5.41) is 5.98. The van der Waals surface area contributed by atoms with Gasteiger partial charge in [0.25, 0.3) is 5.91 Å². The Hall–Kier alpha value is -2.63. The molecule has 1 amide bonds. The minimum atomic E-state index is -0.206. The SMILES string of the molecule is COc1ccccc1CNc1cnc(C(=O)NCC(C)C)cn1. The first-order valence-electron chi connectivity index (χ1n) is 7.56. The summed E-state index contributed by atoms with van der Waals surface area (Å²) in [5.41, 5.74) is 1.34. The molecule has 0 saturated carbocycles. The van der Waals surface area contributed by atoms with E-state index in [1.165, 1.54) is 6.20 Å². The molecule has 0 aliphatic rings. The van der Waals surface area contributed by atoms with Gasteiger partial charge in [-0.05, 0) is 12.0 Å². The van der Waals surface area contributed by atoms with Crippen LogP contribution < -0.4 is 15.4 Å². The minimum absolute atomic E-state index is 0.206. The third-order valence-corrected chi connectivity index (χ3v) is 3.21. The van der Waals surface area contributed by atoms with Crippen LogP contribution in [0.2, 0.25) is 0 Å². The lowest BCUT2D eigenvalue weighted by molar-refractivity contribution is 0.0943. The first kappa shape index (κ1) is 16.7. The number of ether oxygens (including phenoxy) is 1. The van der Waals surface area contributed by atoms with Gasteiger partial charge in [0.05, 0.1) is 19.5 Å². The largest absolute Gasteiger partial charge is 0.496 e. The number of hydrogen-bond acceptors (Lipinski definition) is 5. The van der Waals surface area contributed by atoms with Crippen LogP contribution in [0.3, 0.4) is 0 Å². The van der Waals surface area contributed by atoms with Gasteiger partial charge in [-0.3, -0.25) is 4.79 Å². The number of para-hydroxylation sites is 1. The van der Waals surface area contributed by atoms with Crippen LogP contribution in [0.4, 0.5) is 5.82 Å². The zero-order valence-electron chi connectivity index (χ0n) is 13.7. The predicted octanol–water partition coefficient (Wildman–Crippen LogP) is 2.48. The fourth-order valence-electron chi connectivity index (χ4n) is 1.96. The van der Waals surface area contributed by atoms with E-state index in [1.807, 2.05) is 38.1 Å². The van der Waals surface area contributed by atoms with Crippen LogP contribution in [0.1, 0.15) is 29.9 Å². The molecular formula is C17H22N4O2. The van der Waals surface area contributed by atoms with Gasteiger partial charge in [0, 0.05) is 18.7 Å². The topological polar surface area (TPSA) is 76.1 Å². The normalized spacial score (nSPS) is 10.4. The highest BCUT2D eigenvalue weighted by atomic mass is 16.5. The van der Waals surface area contributed by atoms with E-state index in [0.29, 0.717) is 30.5 Å². The minimum Gasteiger partial charge on any atom is -0.496 e. The molecule has 0 aliphatic carbocycles. The van der Waals surface area contributed by atoms with Gasteiger partial charge in [0.2, 0.25) is 0 Å². The van der Waals surface area contributed by atoms with Crippen molar-refractivity contribution in [3.8, 4) is 5.75 Å². The zero-order valence-corrected chi connectivity index (χ0v) is 13.7. The first-order chi connectivity index (χ1) is 11.1. The van der Waals surface area contributed by atoms with Gasteiger partial charge in [0.1, 0.15) is 17.3 Å². The van der Waals surface area contributed by atoms with E-state index < -0.39 is 0 Å². The summed E-state index contributed by atoms with van der Waals surface area (Å²) in [6.07, 6.45) is 3.03. The number of benzene rings is 1. The second kappa shape index (κ2) is 8.12. The Balaban J connectivity index is 1.93. The number of carbonyl (C=O) groups is 1. The molecule has 6 nitrogen and oxygen atoms in total. The highest BCUT2D eigenvalue weighted by molar-refractivity contribution is 5.91. The molecule has 0 bridgehead atoms. The fourth-order valence-corrected chi connectivity index (χ4v) is 1.96. The number of nitrogens with zero attached hydrogens (tertiary/aromatic N) is 2. The summed E-state index contributed by atoms with van der Waals surface area (Å²) in [7, 11) is 1.64. The van der Waals surface area contributed by atoms with Crippen molar-refractivity contribution in [2.45, 2.75) is 20.4 Å². The monoisotopic (exact) mass is 314 g/mol. The number of amides is 1. The number of hydrogen-bond donors (Lipinski definition) is 2. The lowest BCUT2D eigenvalue weighted by atomic mass is 10.2. The smallest absolute Gasteiger partial charge is 0.271 e. The van der Waals surface area contributed by atoms with Gasteiger partial charge < -0.3 is 15.4 Å². The molecule has 2 N–H and O–H groups in total. The van der Waals surface area contributed by atoms with Crippen molar-refractivity contribution in [2.75, 3.05) is 19.0 Å². The summed E-state index contributed by atoms with van der Waals surface area (Å²) < 4.78 is 5.30. The molecule has 2 aromatic rings. The third-order valence-electron chi connectivity index (χ3n) is 3.21. The molecule has 1 aromatic carbocycles. The van der Waals surface area contributed by atoms with Gasteiger partial charge in [-0.2, -0.15) is 0 Å². The summed E-state index contributed by atoms with van der Waals surface area (Å²) in [6.45, 7) is 5.26. The second-order valence-electron chi connectivity index (χ2n) is 5.56. The van der Waals surface area contributed by atoms with Crippen LogP contribution in [0.25, 0.3) is 0 Å². The van der Waals surface area contributed by atoms with E-state index in [2.05, 4.69) is 20.6 Å². The second-order valence-corrected chi connectivity index (χ2v) is 5.56.